The quantitative estimate of drug-likeness (QED) is 0.163. The van der Waals surface area contributed by atoms with E-state index in [-0.39, 0.29) is 41.9 Å². The van der Waals surface area contributed by atoms with E-state index in [9.17, 15) is 13.0 Å². The Balaban J connectivity index is 0. The van der Waals surface area contributed by atoms with Gasteiger partial charge in [0, 0.05) is 17.8 Å². The van der Waals surface area contributed by atoms with E-state index in [0.717, 1.165) is 0 Å². The Morgan fingerprint density at radius 2 is 2.10 bits per heavy atom. The van der Waals surface area contributed by atoms with Crippen LogP contribution in [0.5, 0.6) is 0 Å². The molecule has 0 saturated heterocycles. The first-order valence-electron chi connectivity index (χ1n) is 1.94. The van der Waals surface area contributed by atoms with E-state index in [4.69, 9.17) is 5.11 Å². The Bertz CT molecular complexity index is 153. The fourth-order valence-electron chi connectivity index (χ4n) is 0.130. The van der Waals surface area contributed by atoms with Crippen LogP contribution in [0, 0.1) is 0 Å². The van der Waals surface area contributed by atoms with Crippen LogP contribution in [0.4, 0.5) is 0 Å². The molecule has 5 nitrogen and oxygen atoms in total. The zero-order chi connectivity index (χ0) is 7.33. The van der Waals surface area contributed by atoms with Crippen molar-refractivity contribution >= 4 is 22.4 Å². The van der Waals surface area contributed by atoms with Crippen molar-refractivity contribution in [1.82, 2.24) is 0 Å². The number of rotatable bonds is 4. The van der Waals surface area contributed by atoms with Crippen LogP contribution >= 0.6 is 12.0 Å². The zero-order valence-electron chi connectivity index (χ0n) is 5.31. The van der Waals surface area contributed by atoms with Crippen LogP contribution in [-0.2, 0) is 14.0 Å². The molecule has 0 saturated carbocycles. The summed E-state index contributed by atoms with van der Waals surface area (Å²) in [5.41, 5.74) is 0. The van der Waals surface area contributed by atoms with Gasteiger partial charge in [0.1, 0.15) is 0 Å². The van der Waals surface area contributed by atoms with E-state index < -0.39 is 10.4 Å². The second kappa shape index (κ2) is 6.86. The molecule has 56 valence electrons. The first-order chi connectivity index (χ1) is 4.06. The minimum Gasteiger partial charge on any atom is -0.725 e. The maximum absolute atomic E-state index is 9.63. The summed E-state index contributed by atoms with van der Waals surface area (Å²) in [6.45, 7) is -0.222. The standard InChI is InChI=1S/C2H6O5S2.Na/c3-1-2-8-7-9(4,5)6;/h3H,1-2H2,(H,4,5,6);/q;+1/p-1. The fraction of sp³-hybridized carbons (Fsp3) is 1.00. The second-order valence-electron chi connectivity index (χ2n) is 1.02. The predicted octanol–water partition coefficient (Wildman–Crippen LogP) is -3.89. The molecule has 0 spiro atoms. The Kier molecular flexibility index (Phi) is 9.44. The van der Waals surface area contributed by atoms with E-state index >= 15 is 0 Å². The van der Waals surface area contributed by atoms with Crippen molar-refractivity contribution in [3.8, 4) is 0 Å². The van der Waals surface area contributed by atoms with Crippen LogP contribution in [-0.4, -0.2) is 30.4 Å². The molecule has 0 amide bonds. The van der Waals surface area contributed by atoms with Gasteiger partial charge in [-0.25, -0.2) is 12.0 Å². The van der Waals surface area contributed by atoms with Gasteiger partial charge in [-0.2, -0.15) is 0 Å². The molecule has 0 rings (SSSR count). The van der Waals surface area contributed by atoms with E-state index in [2.05, 4.69) is 3.63 Å². The topological polar surface area (TPSA) is 86.7 Å². The summed E-state index contributed by atoms with van der Waals surface area (Å²) in [5, 5.41) is 8.07. The van der Waals surface area contributed by atoms with Gasteiger partial charge in [-0.1, -0.05) is 0 Å². The summed E-state index contributed by atoms with van der Waals surface area (Å²) in [5.74, 6) is 0.0709. The molecule has 0 aromatic rings. The smallest absolute Gasteiger partial charge is 0.725 e. The van der Waals surface area contributed by atoms with E-state index in [0.29, 0.717) is 12.0 Å². The Labute approximate surface area is 85.6 Å². The maximum Gasteiger partial charge on any atom is 1.00 e. The molecule has 0 aromatic heterocycles. The van der Waals surface area contributed by atoms with Gasteiger partial charge in [-0.05, 0) is 0 Å². The van der Waals surface area contributed by atoms with Crippen LogP contribution in [0.3, 0.4) is 0 Å². The summed E-state index contributed by atoms with van der Waals surface area (Å²) in [4.78, 5) is 0. The van der Waals surface area contributed by atoms with E-state index in [1.165, 1.54) is 0 Å². The molecule has 0 atom stereocenters. The molecule has 8 heteroatoms. The van der Waals surface area contributed by atoms with E-state index in [1.54, 1.807) is 0 Å². The van der Waals surface area contributed by atoms with Crippen LogP contribution in [0.15, 0.2) is 0 Å². The van der Waals surface area contributed by atoms with Crippen LogP contribution in [0.1, 0.15) is 0 Å². The summed E-state index contributed by atoms with van der Waals surface area (Å²) >= 11 is 0.410. The van der Waals surface area contributed by atoms with Gasteiger partial charge in [0.2, 0.25) is 10.4 Å². The first kappa shape index (κ1) is 13.7. The van der Waals surface area contributed by atoms with Crippen molar-refractivity contribution in [2.45, 2.75) is 0 Å². The van der Waals surface area contributed by atoms with Crippen molar-refractivity contribution in [1.29, 1.82) is 0 Å². The van der Waals surface area contributed by atoms with Crippen LogP contribution in [0.25, 0.3) is 0 Å². The molecule has 0 bridgehead atoms. The average Bonchev–Trinajstić information content (AvgIpc) is 1.63. The molecule has 0 heterocycles. The summed E-state index contributed by atoms with van der Waals surface area (Å²) in [6.07, 6.45) is 0. The van der Waals surface area contributed by atoms with Gasteiger partial charge >= 0.3 is 29.6 Å². The Morgan fingerprint density at radius 1 is 1.60 bits per heavy atom. The minimum atomic E-state index is -4.59. The number of aliphatic hydroxyl groups is 1. The minimum absolute atomic E-state index is 0. The SMILES string of the molecule is O=S(=O)([O-])OSCCO.[Na+]. The predicted molar refractivity (Wildman–Crippen MR) is 30.3 cm³/mol. The average molecular weight is 196 g/mol. The fourth-order valence-corrected chi connectivity index (χ4v) is 0.948. The number of aliphatic hydroxyl groups excluding tert-OH is 1. The summed E-state index contributed by atoms with van der Waals surface area (Å²) in [7, 11) is -4.59. The number of hydrogen-bond acceptors (Lipinski definition) is 6. The molecule has 0 aliphatic heterocycles. The molecular formula is C2H5NaO5S2. The third-order valence-electron chi connectivity index (χ3n) is 0.306. The van der Waals surface area contributed by atoms with Crippen LogP contribution in [0.2, 0.25) is 0 Å². The summed E-state index contributed by atoms with van der Waals surface area (Å²) < 4.78 is 32.5. The monoisotopic (exact) mass is 196 g/mol. The Hall–Kier alpha value is 1.18. The van der Waals surface area contributed by atoms with Gasteiger partial charge in [-0.3, -0.25) is 0 Å². The number of hydrogen-bond donors (Lipinski definition) is 1. The first-order valence-corrected chi connectivity index (χ1v) is 4.18. The largest absolute Gasteiger partial charge is 1.00 e. The molecule has 0 radical (unpaired) electrons. The third-order valence-corrected chi connectivity index (χ3v) is 1.71. The van der Waals surface area contributed by atoms with Gasteiger partial charge < -0.3 is 9.66 Å². The zero-order valence-corrected chi connectivity index (χ0v) is 8.94. The summed E-state index contributed by atoms with van der Waals surface area (Å²) in [6, 6.07) is 0. The molecule has 0 unspecified atom stereocenters. The molecule has 1 N–H and O–H groups in total. The van der Waals surface area contributed by atoms with Crippen LogP contribution < -0.4 is 29.6 Å². The molecule has 0 aromatic carbocycles. The van der Waals surface area contributed by atoms with Crippen molar-refractivity contribution in [3.63, 3.8) is 0 Å². The van der Waals surface area contributed by atoms with E-state index in [1.807, 2.05) is 0 Å². The van der Waals surface area contributed by atoms with Crippen molar-refractivity contribution in [3.05, 3.63) is 0 Å². The maximum atomic E-state index is 9.63. The van der Waals surface area contributed by atoms with Crippen molar-refractivity contribution < 1.29 is 51.3 Å². The van der Waals surface area contributed by atoms with Crippen molar-refractivity contribution in [2.24, 2.45) is 0 Å². The second-order valence-corrected chi connectivity index (χ2v) is 3.03. The molecule has 0 aliphatic carbocycles. The normalized spacial score (nSPS) is 10.6. The van der Waals surface area contributed by atoms with Gasteiger partial charge in [0.15, 0.2) is 0 Å². The molecular weight excluding hydrogens is 191 g/mol. The molecule has 10 heavy (non-hydrogen) atoms. The molecule has 0 fully saturated rings. The van der Waals surface area contributed by atoms with Gasteiger partial charge in [-0.15, -0.1) is 0 Å². The third kappa shape index (κ3) is 11.9. The van der Waals surface area contributed by atoms with Crippen molar-refractivity contribution in [2.75, 3.05) is 12.4 Å². The van der Waals surface area contributed by atoms with Gasteiger partial charge in [0.25, 0.3) is 0 Å². The van der Waals surface area contributed by atoms with Gasteiger partial charge in [0.05, 0.1) is 6.61 Å². The molecule has 0 aliphatic rings. The Morgan fingerprint density at radius 3 is 2.40 bits per heavy atom.